The van der Waals surface area contributed by atoms with Crippen molar-refractivity contribution in [3.63, 3.8) is 0 Å². The van der Waals surface area contributed by atoms with Gasteiger partial charge in [0.05, 0.1) is 13.7 Å². The van der Waals surface area contributed by atoms with Crippen LogP contribution in [-0.4, -0.2) is 72.0 Å². The van der Waals surface area contributed by atoms with Gasteiger partial charge in [0.25, 0.3) is 0 Å². The van der Waals surface area contributed by atoms with Crippen LogP contribution in [0.5, 0.6) is 5.75 Å². The summed E-state index contributed by atoms with van der Waals surface area (Å²) in [5, 5.41) is 33.7. The first kappa shape index (κ1) is 52.7. The van der Waals surface area contributed by atoms with E-state index >= 15 is 0 Å². The van der Waals surface area contributed by atoms with Crippen LogP contribution in [0.1, 0.15) is 55.5 Å². The van der Waals surface area contributed by atoms with Gasteiger partial charge in [-0.2, -0.15) is 5.21 Å². The molecule has 0 bridgehead atoms. The molecule has 0 aliphatic heterocycles. The molecule has 7 aromatic carbocycles. The van der Waals surface area contributed by atoms with Gasteiger partial charge in [0.2, 0.25) is 5.82 Å². The standard InChI is InChI=1S/C34H35N5O3.C26H27N5O2/c1-24(2)32(34(40)42-23-27-9-5-4-6-10-27)35-21-25-13-17-28(18-14-25)30-11-7-8-12-31(30)33-36-37-38-39(33)22-26-15-19-29(41-3)20-16-26;1-18(2)24(26(32)33-17-20-8-4-3-5-9-20)27-16-19-12-14-21(15-13-19)22-10-6-7-11-23(22)25-28-30-31-29-25/h4-20,24,32,35H,21-23H2,1-3H3;3-15,18,24,27H,16-17H2,1-2H3,(H,28,29,30,31)/t32-;24-/m00/s1. The Hall–Kier alpha value is -8.66. The topological polar surface area (TPSA) is 184 Å². The molecule has 2 heterocycles. The smallest absolute Gasteiger partial charge is 0.323 e. The first-order valence-electron chi connectivity index (χ1n) is 25.0. The van der Waals surface area contributed by atoms with Crippen molar-refractivity contribution in [2.75, 3.05) is 7.11 Å². The van der Waals surface area contributed by atoms with Crippen LogP contribution in [0.15, 0.2) is 182 Å². The van der Waals surface area contributed by atoms with E-state index in [2.05, 4.69) is 101 Å². The summed E-state index contributed by atoms with van der Waals surface area (Å²) in [6.07, 6.45) is 0. The van der Waals surface area contributed by atoms with Crippen molar-refractivity contribution >= 4 is 11.9 Å². The molecule has 2 atom stereocenters. The molecule has 0 spiro atoms. The lowest BCUT2D eigenvalue weighted by Crippen LogP contribution is -2.41. The normalized spacial score (nSPS) is 11.9. The van der Waals surface area contributed by atoms with Gasteiger partial charge in [0, 0.05) is 24.2 Å². The summed E-state index contributed by atoms with van der Waals surface area (Å²) in [4.78, 5) is 25.5. The van der Waals surface area contributed by atoms with E-state index in [4.69, 9.17) is 14.2 Å². The van der Waals surface area contributed by atoms with Gasteiger partial charge in [-0.3, -0.25) is 9.59 Å². The number of benzene rings is 7. The summed E-state index contributed by atoms with van der Waals surface area (Å²) in [7, 11) is 1.65. The molecule has 3 N–H and O–H groups in total. The fourth-order valence-corrected chi connectivity index (χ4v) is 8.42. The number of ether oxygens (including phenoxy) is 3. The van der Waals surface area contributed by atoms with Crippen LogP contribution in [0.25, 0.3) is 45.0 Å². The Morgan fingerprint density at radius 3 is 1.44 bits per heavy atom. The Bertz CT molecular complexity index is 3170. The minimum Gasteiger partial charge on any atom is -0.497 e. The molecule has 0 saturated carbocycles. The number of rotatable bonds is 21. The van der Waals surface area contributed by atoms with Crippen LogP contribution in [0.2, 0.25) is 0 Å². The average Bonchev–Trinajstić information content (AvgIpc) is 4.17. The van der Waals surface area contributed by atoms with E-state index in [-0.39, 0.29) is 43.0 Å². The average molecular weight is 1000 g/mol. The Kier molecular flexibility index (Phi) is 18.5. The molecule has 0 unspecified atom stereocenters. The van der Waals surface area contributed by atoms with E-state index in [1.54, 1.807) is 7.11 Å². The van der Waals surface area contributed by atoms with Crippen molar-refractivity contribution < 1.29 is 23.8 Å². The first-order chi connectivity index (χ1) is 36.6. The third kappa shape index (κ3) is 14.5. The lowest BCUT2D eigenvalue weighted by atomic mass is 9.98. The highest BCUT2D eigenvalue weighted by Gasteiger charge is 2.25. The number of carbonyl (C=O) groups excluding carboxylic acids is 2. The highest BCUT2D eigenvalue weighted by atomic mass is 16.5. The molecular weight excluding hydrogens is 941 g/mol. The molecule has 9 aromatic rings. The van der Waals surface area contributed by atoms with Crippen molar-refractivity contribution in [2.45, 2.75) is 72.6 Å². The maximum Gasteiger partial charge on any atom is 0.323 e. The molecule has 0 aliphatic carbocycles. The summed E-state index contributed by atoms with van der Waals surface area (Å²) in [5.41, 5.74) is 11.2. The molecule has 0 fully saturated rings. The van der Waals surface area contributed by atoms with Crippen LogP contribution >= 0.6 is 0 Å². The van der Waals surface area contributed by atoms with E-state index in [0.29, 0.717) is 31.3 Å². The fraction of sp³-hybridized carbons (Fsp3) is 0.233. The molecule has 0 amide bonds. The zero-order chi connectivity index (χ0) is 52.4. The molecule has 0 saturated heterocycles. The summed E-state index contributed by atoms with van der Waals surface area (Å²) < 4.78 is 18.2. The Labute approximate surface area is 437 Å². The number of hydrogen-bond donors (Lipinski definition) is 3. The summed E-state index contributed by atoms with van der Waals surface area (Å²) in [5.74, 6) is 1.78. The SMILES string of the molecule is CC(C)[C@H](NCc1ccc(-c2ccccc2-c2nn[nH]n2)cc1)C(=O)OCc1ccccc1.COc1ccc(Cn2nnnc2-c2ccccc2-c2ccc(CN[C@H](C(=O)OCc3ccccc3)C(C)C)cc2)cc1. The molecule has 15 nitrogen and oxygen atoms in total. The van der Waals surface area contributed by atoms with Gasteiger partial charge >= 0.3 is 11.9 Å². The van der Waals surface area contributed by atoms with E-state index in [9.17, 15) is 9.59 Å². The van der Waals surface area contributed by atoms with Crippen molar-refractivity contribution in [3.8, 4) is 50.8 Å². The quantitative estimate of drug-likeness (QED) is 0.0579. The second kappa shape index (κ2) is 26.3. The lowest BCUT2D eigenvalue weighted by molar-refractivity contribution is -0.149. The number of tetrazole rings is 2. The zero-order valence-corrected chi connectivity index (χ0v) is 42.8. The predicted octanol–water partition coefficient (Wildman–Crippen LogP) is 10.3. The summed E-state index contributed by atoms with van der Waals surface area (Å²) >= 11 is 0. The Morgan fingerprint density at radius 2 is 0.973 bits per heavy atom. The van der Waals surface area contributed by atoms with Crippen LogP contribution in [0.3, 0.4) is 0 Å². The lowest BCUT2D eigenvalue weighted by Gasteiger charge is -2.21. The molecular formula is C60H62N10O5. The monoisotopic (exact) mass is 1000 g/mol. The Morgan fingerprint density at radius 1 is 0.520 bits per heavy atom. The van der Waals surface area contributed by atoms with Gasteiger partial charge in [-0.15, -0.1) is 15.3 Å². The molecule has 0 radical (unpaired) electrons. The van der Waals surface area contributed by atoms with Crippen molar-refractivity contribution in [3.05, 3.63) is 210 Å². The summed E-state index contributed by atoms with van der Waals surface area (Å²) in [6.45, 7) is 10.3. The van der Waals surface area contributed by atoms with Crippen molar-refractivity contribution in [1.82, 2.24) is 51.5 Å². The predicted molar refractivity (Wildman–Crippen MR) is 289 cm³/mol. The van der Waals surface area contributed by atoms with E-state index in [1.165, 1.54) is 0 Å². The first-order valence-corrected chi connectivity index (χ1v) is 25.0. The number of nitrogens with one attached hydrogen (secondary N) is 3. The number of aromatic nitrogens is 8. The third-order valence-corrected chi connectivity index (χ3v) is 12.6. The molecule has 382 valence electrons. The number of methoxy groups -OCH3 is 1. The second-order valence-corrected chi connectivity index (χ2v) is 18.6. The van der Waals surface area contributed by atoms with Gasteiger partial charge in [0.15, 0.2) is 5.82 Å². The van der Waals surface area contributed by atoms with Crippen LogP contribution in [0, 0.1) is 11.8 Å². The van der Waals surface area contributed by atoms with Gasteiger partial charge in [-0.1, -0.05) is 198 Å². The minimum atomic E-state index is -0.404. The largest absolute Gasteiger partial charge is 0.497 e. The van der Waals surface area contributed by atoms with Crippen LogP contribution in [-0.2, 0) is 51.9 Å². The third-order valence-electron chi connectivity index (χ3n) is 12.6. The van der Waals surface area contributed by atoms with Crippen LogP contribution < -0.4 is 15.4 Å². The molecule has 15 heteroatoms. The molecule has 75 heavy (non-hydrogen) atoms. The number of aromatic amines is 1. The van der Waals surface area contributed by atoms with Gasteiger partial charge in [-0.25, -0.2) is 4.68 Å². The molecule has 0 aliphatic rings. The summed E-state index contributed by atoms with van der Waals surface area (Å²) in [6, 6.07) is 59.2. The van der Waals surface area contributed by atoms with Crippen molar-refractivity contribution in [1.29, 1.82) is 0 Å². The number of esters is 2. The second-order valence-electron chi connectivity index (χ2n) is 18.6. The number of hydrogen-bond acceptors (Lipinski definition) is 13. The number of carbonyl (C=O) groups is 2. The van der Waals surface area contributed by atoms with Crippen molar-refractivity contribution in [2.24, 2.45) is 11.8 Å². The van der Waals surface area contributed by atoms with Crippen LogP contribution in [0.4, 0.5) is 0 Å². The zero-order valence-electron chi connectivity index (χ0n) is 42.8. The van der Waals surface area contributed by atoms with E-state index in [0.717, 1.165) is 66.9 Å². The maximum atomic E-state index is 12.8. The van der Waals surface area contributed by atoms with E-state index in [1.807, 2.05) is 160 Å². The highest BCUT2D eigenvalue weighted by molar-refractivity contribution is 5.82. The van der Waals surface area contributed by atoms with Gasteiger partial charge in [0.1, 0.15) is 31.0 Å². The minimum absolute atomic E-state index is 0.0864. The molecule has 9 rings (SSSR count). The maximum absolute atomic E-state index is 12.8. The number of H-pyrrole nitrogens is 1. The van der Waals surface area contributed by atoms with E-state index < -0.39 is 6.04 Å². The Balaban J connectivity index is 0.000000205. The van der Waals surface area contributed by atoms with Gasteiger partial charge < -0.3 is 24.8 Å². The highest BCUT2D eigenvalue weighted by Crippen LogP contribution is 2.32. The van der Waals surface area contributed by atoms with Gasteiger partial charge in [-0.05, 0) is 89.7 Å². The molecule has 2 aromatic heterocycles. The fourth-order valence-electron chi connectivity index (χ4n) is 8.42. The number of nitrogens with zero attached hydrogens (tertiary/aromatic N) is 7.